The Morgan fingerprint density at radius 3 is 3.09 bits per heavy atom. The normalized spacial score (nSPS) is 12.4. The molecular weight excluding hydrogens is 332 g/mol. The van der Waals surface area contributed by atoms with Gasteiger partial charge in [0, 0.05) is 30.1 Å². The number of hydrogen-bond donors (Lipinski definition) is 0. The van der Waals surface area contributed by atoms with Gasteiger partial charge in [-0.05, 0) is 26.0 Å². The van der Waals surface area contributed by atoms with Gasteiger partial charge in [0.15, 0.2) is 0 Å². The Labute approximate surface area is 142 Å². The lowest BCUT2D eigenvalue weighted by atomic mass is 10.3. The average Bonchev–Trinajstić information content (AvgIpc) is 3.23. The van der Waals surface area contributed by atoms with Crippen molar-refractivity contribution in [2.24, 2.45) is 0 Å². The summed E-state index contributed by atoms with van der Waals surface area (Å²) in [6.07, 6.45) is 3.44. The lowest BCUT2D eigenvalue weighted by Crippen LogP contribution is -1.98. The first kappa shape index (κ1) is 16.1. The van der Waals surface area contributed by atoms with E-state index in [2.05, 4.69) is 20.2 Å². The van der Waals surface area contributed by atoms with E-state index in [1.54, 1.807) is 23.7 Å². The highest BCUT2D eigenvalue weighted by Gasteiger charge is 2.13. The zero-order chi connectivity index (χ0) is 16.1. The predicted molar refractivity (Wildman–Crippen MR) is 89.2 cm³/mol. The van der Waals surface area contributed by atoms with Gasteiger partial charge < -0.3 is 9.15 Å². The van der Waals surface area contributed by atoms with Gasteiger partial charge in [-0.1, -0.05) is 11.8 Å². The molecule has 0 radical (unpaired) electrons. The Morgan fingerprint density at radius 1 is 1.39 bits per heavy atom. The van der Waals surface area contributed by atoms with E-state index in [1.807, 2.05) is 31.4 Å². The van der Waals surface area contributed by atoms with Crippen molar-refractivity contribution in [1.29, 1.82) is 0 Å². The highest BCUT2D eigenvalue weighted by Crippen LogP contribution is 2.27. The number of rotatable bonds is 7. The largest absolute Gasteiger partial charge is 0.411 e. The minimum absolute atomic E-state index is 0.0318. The number of aromatic nitrogens is 4. The summed E-state index contributed by atoms with van der Waals surface area (Å²) < 4.78 is 11.2. The van der Waals surface area contributed by atoms with Crippen molar-refractivity contribution in [3.8, 4) is 11.5 Å². The zero-order valence-electron chi connectivity index (χ0n) is 12.8. The second-order valence-corrected chi connectivity index (χ2v) is 6.49. The molecule has 0 saturated heterocycles. The Kier molecular flexibility index (Phi) is 5.37. The van der Waals surface area contributed by atoms with Gasteiger partial charge in [0.05, 0.1) is 11.3 Å². The smallest absolute Gasteiger partial charge is 0.277 e. The summed E-state index contributed by atoms with van der Waals surface area (Å²) in [7, 11) is 0. The van der Waals surface area contributed by atoms with Crippen LogP contribution >= 0.6 is 23.1 Å². The molecule has 0 aliphatic carbocycles. The summed E-state index contributed by atoms with van der Waals surface area (Å²) in [5.41, 5.74) is 1.80. The third kappa shape index (κ3) is 4.15. The molecule has 8 heteroatoms. The minimum atomic E-state index is 0.0318. The van der Waals surface area contributed by atoms with Crippen LogP contribution in [0.2, 0.25) is 0 Å². The number of hydrogen-bond acceptors (Lipinski definition) is 8. The van der Waals surface area contributed by atoms with Gasteiger partial charge in [0.2, 0.25) is 5.89 Å². The maximum Gasteiger partial charge on any atom is 0.277 e. The quantitative estimate of drug-likeness (QED) is 0.598. The predicted octanol–water partition coefficient (Wildman–Crippen LogP) is 3.98. The molecule has 0 aliphatic rings. The molecule has 3 aromatic rings. The van der Waals surface area contributed by atoms with Gasteiger partial charge >= 0.3 is 0 Å². The molecule has 0 bridgehead atoms. The van der Waals surface area contributed by atoms with E-state index in [1.165, 1.54) is 11.8 Å². The molecule has 23 heavy (non-hydrogen) atoms. The van der Waals surface area contributed by atoms with Crippen LogP contribution in [-0.4, -0.2) is 26.8 Å². The standard InChI is InChI=1S/C15H16N4O2S2/c1-3-20-10(2)14-17-12(8-22-14)9-23-15-19-18-13(21-15)11-5-4-6-16-7-11/h4-8,10H,3,9H2,1-2H3/t10-/m1/s1. The molecule has 3 aromatic heterocycles. The lowest BCUT2D eigenvalue weighted by molar-refractivity contribution is 0.0761. The molecule has 0 aliphatic heterocycles. The van der Waals surface area contributed by atoms with Gasteiger partial charge in [0.1, 0.15) is 11.1 Å². The van der Waals surface area contributed by atoms with Crippen molar-refractivity contribution in [1.82, 2.24) is 20.2 Å². The second-order valence-electron chi connectivity index (χ2n) is 4.68. The third-order valence-corrected chi connectivity index (χ3v) is 4.90. The molecule has 120 valence electrons. The Morgan fingerprint density at radius 2 is 2.30 bits per heavy atom. The number of nitrogens with zero attached hydrogens (tertiary/aromatic N) is 4. The molecular formula is C15H16N4O2S2. The van der Waals surface area contributed by atoms with Crippen LogP contribution < -0.4 is 0 Å². The minimum Gasteiger partial charge on any atom is -0.411 e. The topological polar surface area (TPSA) is 73.9 Å². The van der Waals surface area contributed by atoms with Crippen LogP contribution in [-0.2, 0) is 10.5 Å². The van der Waals surface area contributed by atoms with Crippen LogP contribution in [0, 0.1) is 0 Å². The fourth-order valence-corrected chi connectivity index (χ4v) is 3.49. The lowest BCUT2D eigenvalue weighted by Gasteiger charge is -2.06. The molecule has 3 rings (SSSR count). The zero-order valence-corrected chi connectivity index (χ0v) is 14.4. The summed E-state index contributed by atoms with van der Waals surface area (Å²) >= 11 is 3.08. The molecule has 0 unspecified atom stereocenters. The van der Waals surface area contributed by atoms with Gasteiger partial charge in [-0.15, -0.1) is 21.5 Å². The highest BCUT2D eigenvalue weighted by molar-refractivity contribution is 7.98. The molecule has 0 spiro atoms. The number of thioether (sulfide) groups is 1. The van der Waals surface area contributed by atoms with Crippen LogP contribution in [0.15, 0.2) is 39.5 Å². The van der Waals surface area contributed by atoms with Crippen molar-refractivity contribution in [3.63, 3.8) is 0 Å². The monoisotopic (exact) mass is 348 g/mol. The van der Waals surface area contributed by atoms with E-state index in [0.717, 1.165) is 16.3 Å². The van der Waals surface area contributed by atoms with E-state index in [4.69, 9.17) is 9.15 Å². The van der Waals surface area contributed by atoms with Crippen LogP contribution in [0.5, 0.6) is 0 Å². The summed E-state index contributed by atoms with van der Waals surface area (Å²) in [5.74, 6) is 1.16. The van der Waals surface area contributed by atoms with E-state index in [-0.39, 0.29) is 6.10 Å². The average molecular weight is 348 g/mol. The summed E-state index contributed by atoms with van der Waals surface area (Å²) in [4.78, 5) is 8.62. The summed E-state index contributed by atoms with van der Waals surface area (Å²) in [6, 6.07) is 3.72. The first-order chi connectivity index (χ1) is 11.3. The number of ether oxygens (including phenoxy) is 1. The summed E-state index contributed by atoms with van der Waals surface area (Å²) in [5, 5.41) is 11.6. The molecule has 0 N–H and O–H groups in total. The maximum atomic E-state index is 5.64. The van der Waals surface area contributed by atoms with E-state index >= 15 is 0 Å². The maximum absolute atomic E-state index is 5.64. The van der Waals surface area contributed by atoms with Crippen LogP contribution in [0.25, 0.3) is 11.5 Å². The highest BCUT2D eigenvalue weighted by atomic mass is 32.2. The van der Waals surface area contributed by atoms with Crippen LogP contribution in [0.4, 0.5) is 0 Å². The van der Waals surface area contributed by atoms with Gasteiger partial charge in [-0.3, -0.25) is 4.98 Å². The third-order valence-electron chi connectivity index (χ3n) is 2.99. The van der Waals surface area contributed by atoms with Gasteiger partial charge in [0.25, 0.3) is 5.22 Å². The van der Waals surface area contributed by atoms with Crippen molar-refractivity contribution in [2.75, 3.05) is 6.61 Å². The van der Waals surface area contributed by atoms with Crippen LogP contribution in [0.3, 0.4) is 0 Å². The fourth-order valence-electron chi connectivity index (χ4n) is 1.91. The first-order valence-electron chi connectivity index (χ1n) is 7.19. The SMILES string of the molecule is CCO[C@H](C)c1nc(CSc2nnc(-c3cccnc3)o2)cs1. The van der Waals surface area contributed by atoms with Crippen molar-refractivity contribution in [2.45, 2.75) is 30.9 Å². The van der Waals surface area contributed by atoms with Crippen molar-refractivity contribution in [3.05, 3.63) is 40.6 Å². The first-order valence-corrected chi connectivity index (χ1v) is 9.05. The van der Waals surface area contributed by atoms with Gasteiger partial charge in [-0.2, -0.15) is 0 Å². The van der Waals surface area contributed by atoms with E-state index in [0.29, 0.717) is 23.5 Å². The number of thiazole rings is 1. The molecule has 0 saturated carbocycles. The molecule has 1 atom stereocenters. The fraction of sp³-hybridized carbons (Fsp3) is 0.333. The van der Waals surface area contributed by atoms with E-state index < -0.39 is 0 Å². The Balaban J connectivity index is 1.60. The molecule has 6 nitrogen and oxygen atoms in total. The molecule has 0 fully saturated rings. The summed E-state index contributed by atoms with van der Waals surface area (Å²) in [6.45, 7) is 4.68. The Hall–Kier alpha value is -1.77. The van der Waals surface area contributed by atoms with Crippen molar-refractivity contribution >= 4 is 23.1 Å². The molecule has 3 heterocycles. The van der Waals surface area contributed by atoms with Crippen molar-refractivity contribution < 1.29 is 9.15 Å². The number of pyridine rings is 1. The second kappa shape index (κ2) is 7.67. The Bertz CT molecular complexity index is 745. The molecule has 0 aromatic carbocycles. The van der Waals surface area contributed by atoms with Crippen LogP contribution in [0.1, 0.15) is 30.7 Å². The van der Waals surface area contributed by atoms with E-state index in [9.17, 15) is 0 Å². The van der Waals surface area contributed by atoms with Gasteiger partial charge in [-0.25, -0.2) is 4.98 Å². The molecule has 0 amide bonds.